The van der Waals surface area contributed by atoms with Crippen LogP contribution >= 0.6 is 0 Å². The Morgan fingerprint density at radius 3 is 2.79 bits per heavy atom. The van der Waals surface area contributed by atoms with E-state index in [1.54, 1.807) is 4.90 Å². The minimum Gasteiger partial charge on any atom is -0.454 e. The SMILES string of the molecule is CCNC(=O)N(Cc1ccc2c(c1)OCO2)Cc1cc2cccc(C)c2[nH]c1=O. The number of aromatic nitrogens is 1. The molecule has 1 aliphatic heterocycles. The molecule has 2 aromatic carbocycles. The van der Waals surface area contributed by atoms with Crippen molar-refractivity contribution >= 4 is 16.9 Å². The van der Waals surface area contributed by atoms with E-state index in [4.69, 9.17) is 9.47 Å². The average molecular weight is 393 g/mol. The van der Waals surface area contributed by atoms with Gasteiger partial charge in [0.1, 0.15) is 0 Å². The molecule has 0 fully saturated rings. The van der Waals surface area contributed by atoms with E-state index in [9.17, 15) is 9.59 Å². The van der Waals surface area contributed by atoms with Crippen molar-refractivity contribution < 1.29 is 14.3 Å². The monoisotopic (exact) mass is 393 g/mol. The fourth-order valence-corrected chi connectivity index (χ4v) is 3.47. The van der Waals surface area contributed by atoms with E-state index in [1.807, 2.05) is 56.3 Å². The quantitative estimate of drug-likeness (QED) is 0.697. The van der Waals surface area contributed by atoms with Crippen LogP contribution in [-0.2, 0) is 13.1 Å². The van der Waals surface area contributed by atoms with Crippen molar-refractivity contribution in [2.45, 2.75) is 26.9 Å². The van der Waals surface area contributed by atoms with Crippen LogP contribution in [-0.4, -0.2) is 29.3 Å². The number of pyridine rings is 1. The zero-order valence-electron chi connectivity index (χ0n) is 16.5. The highest BCUT2D eigenvalue weighted by atomic mass is 16.7. The number of ether oxygens (including phenoxy) is 2. The number of nitrogens with zero attached hydrogens (tertiary/aromatic N) is 1. The van der Waals surface area contributed by atoms with Crippen molar-refractivity contribution in [1.82, 2.24) is 15.2 Å². The maximum atomic E-state index is 12.7. The van der Waals surface area contributed by atoms with E-state index in [-0.39, 0.29) is 24.9 Å². The van der Waals surface area contributed by atoms with Gasteiger partial charge in [-0.1, -0.05) is 24.3 Å². The van der Waals surface area contributed by atoms with Gasteiger partial charge in [-0.3, -0.25) is 4.79 Å². The van der Waals surface area contributed by atoms with Gasteiger partial charge < -0.3 is 24.7 Å². The van der Waals surface area contributed by atoms with Gasteiger partial charge in [-0.2, -0.15) is 0 Å². The van der Waals surface area contributed by atoms with Gasteiger partial charge in [0.2, 0.25) is 6.79 Å². The Balaban J connectivity index is 1.64. The zero-order valence-corrected chi connectivity index (χ0v) is 16.5. The van der Waals surface area contributed by atoms with Gasteiger partial charge in [0, 0.05) is 18.7 Å². The molecule has 0 unspecified atom stereocenters. The topological polar surface area (TPSA) is 83.7 Å². The van der Waals surface area contributed by atoms with Crippen LogP contribution in [0, 0.1) is 6.92 Å². The predicted molar refractivity (Wildman–Crippen MR) is 110 cm³/mol. The Bertz CT molecular complexity index is 1120. The third-order valence-electron chi connectivity index (χ3n) is 4.95. The maximum Gasteiger partial charge on any atom is 0.317 e. The molecule has 29 heavy (non-hydrogen) atoms. The molecule has 0 saturated carbocycles. The maximum absolute atomic E-state index is 12.7. The summed E-state index contributed by atoms with van der Waals surface area (Å²) in [5.74, 6) is 1.36. The van der Waals surface area contributed by atoms with Crippen LogP contribution in [0.2, 0.25) is 0 Å². The minimum atomic E-state index is -0.228. The number of fused-ring (bicyclic) bond motifs is 2. The van der Waals surface area contributed by atoms with Crippen LogP contribution in [0.1, 0.15) is 23.6 Å². The van der Waals surface area contributed by atoms with Crippen molar-refractivity contribution in [3.05, 3.63) is 69.5 Å². The second-order valence-corrected chi connectivity index (χ2v) is 7.04. The fourth-order valence-electron chi connectivity index (χ4n) is 3.47. The lowest BCUT2D eigenvalue weighted by Crippen LogP contribution is -2.40. The van der Waals surface area contributed by atoms with E-state index < -0.39 is 0 Å². The van der Waals surface area contributed by atoms with Crippen LogP contribution in [0.5, 0.6) is 11.5 Å². The average Bonchev–Trinajstić information content (AvgIpc) is 3.17. The molecule has 0 radical (unpaired) electrons. The summed E-state index contributed by atoms with van der Waals surface area (Å²) in [7, 11) is 0. The molecule has 1 aromatic heterocycles. The molecule has 4 rings (SSSR count). The largest absolute Gasteiger partial charge is 0.454 e. The standard InChI is InChI=1S/C22H23N3O4/c1-3-23-22(27)25(11-15-7-8-18-19(9-15)29-13-28-18)12-17-10-16-6-4-5-14(2)20(16)24-21(17)26/h4-10H,3,11-13H2,1-2H3,(H,23,27)(H,24,26). The number of para-hydroxylation sites is 1. The Kier molecular flexibility index (Phi) is 5.12. The number of urea groups is 1. The number of rotatable bonds is 5. The van der Waals surface area contributed by atoms with Crippen LogP contribution in [0.4, 0.5) is 4.79 Å². The van der Waals surface area contributed by atoms with Crippen LogP contribution in [0.15, 0.2) is 47.3 Å². The molecule has 0 bridgehead atoms. The molecule has 0 saturated heterocycles. The number of nitrogens with one attached hydrogen (secondary N) is 2. The summed E-state index contributed by atoms with van der Waals surface area (Å²) in [6, 6.07) is 13.1. The molecule has 150 valence electrons. The molecule has 2 heterocycles. The highest BCUT2D eigenvalue weighted by Gasteiger charge is 2.19. The number of hydrogen-bond acceptors (Lipinski definition) is 4. The van der Waals surface area contributed by atoms with Crippen LogP contribution in [0.3, 0.4) is 0 Å². The molecular weight excluding hydrogens is 370 g/mol. The van der Waals surface area contributed by atoms with Crippen molar-refractivity contribution in [2.24, 2.45) is 0 Å². The number of carbonyl (C=O) groups is 1. The smallest absolute Gasteiger partial charge is 0.317 e. The van der Waals surface area contributed by atoms with Gasteiger partial charge in [-0.05, 0) is 48.6 Å². The normalized spacial score (nSPS) is 12.2. The first kappa shape index (κ1) is 18.9. The summed E-state index contributed by atoms with van der Waals surface area (Å²) in [5.41, 5.74) is 3.07. The fraction of sp³-hybridized carbons (Fsp3) is 0.273. The number of hydrogen-bond donors (Lipinski definition) is 2. The Labute approximate surface area is 168 Å². The van der Waals surface area contributed by atoms with Crippen LogP contribution < -0.4 is 20.3 Å². The second-order valence-electron chi connectivity index (χ2n) is 7.04. The molecule has 3 aromatic rings. The molecule has 1 aliphatic rings. The van der Waals surface area contributed by atoms with Gasteiger partial charge in [0.15, 0.2) is 11.5 Å². The van der Waals surface area contributed by atoms with Gasteiger partial charge in [0.05, 0.1) is 12.1 Å². The number of carbonyl (C=O) groups excluding carboxylic acids is 1. The first-order valence-corrected chi connectivity index (χ1v) is 9.58. The van der Waals surface area contributed by atoms with E-state index >= 15 is 0 Å². The minimum absolute atomic E-state index is 0.188. The first-order chi connectivity index (χ1) is 14.0. The highest BCUT2D eigenvalue weighted by molar-refractivity contribution is 5.82. The lowest BCUT2D eigenvalue weighted by Gasteiger charge is -2.23. The van der Waals surface area contributed by atoms with Crippen LogP contribution in [0.25, 0.3) is 10.9 Å². The van der Waals surface area contributed by atoms with Crippen molar-refractivity contribution in [1.29, 1.82) is 0 Å². The molecule has 7 nitrogen and oxygen atoms in total. The summed E-state index contributed by atoms with van der Waals surface area (Å²) in [6.07, 6.45) is 0. The Hall–Kier alpha value is -3.48. The predicted octanol–water partition coefficient (Wildman–Crippen LogP) is 3.30. The third-order valence-corrected chi connectivity index (χ3v) is 4.95. The van der Waals surface area contributed by atoms with Crippen molar-refractivity contribution in [3.8, 4) is 11.5 Å². The first-order valence-electron chi connectivity index (χ1n) is 9.58. The Morgan fingerprint density at radius 2 is 1.97 bits per heavy atom. The number of aryl methyl sites for hydroxylation is 1. The molecule has 7 heteroatoms. The number of benzene rings is 2. The zero-order chi connectivity index (χ0) is 20.4. The van der Waals surface area contributed by atoms with Gasteiger partial charge in [0.25, 0.3) is 5.56 Å². The molecule has 0 spiro atoms. The summed E-state index contributed by atoms with van der Waals surface area (Å²) in [4.78, 5) is 29.9. The summed E-state index contributed by atoms with van der Waals surface area (Å²) in [5, 5.41) is 3.77. The number of H-pyrrole nitrogens is 1. The Morgan fingerprint density at radius 1 is 1.14 bits per heavy atom. The number of aromatic amines is 1. The van der Waals surface area contributed by atoms with Crippen molar-refractivity contribution in [2.75, 3.05) is 13.3 Å². The molecule has 2 N–H and O–H groups in total. The lowest BCUT2D eigenvalue weighted by molar-refractivity contribution is 0.173. The summed E-state index contributed by atoms with van der Waals surface area (Å²) in [6.45, 7) is 5.06. The van der Waals surface area contributed by atoms with E-state index in [0.29, 0.717) is 30.2 Å². The van der Waals surface area contributed by atoms with Crippen molar-refractivity contribution in [3.63, 3.8) is 0 Å². The molecular formula is C22H23N3O4. The molecule has 0 atom stereocenters. The van der Waals surface area contributed by atoms with E-state index in [0.717, 1.165) is 22.0 Å². The highest BCUT2D eigenvalue weighted by Crippen LogP contribution is 2.33. The second kappa shape index (κ2) is 7.87. The van der Waals surface area contributed by atoms with E-state index in [1.165, 1.54) is 0 Å². The number of amides is 2. The summed E-state index contributed by atoms with van der Waals surface area (Å²) >= 11 is 0. The lowest BCUT2D eigenvalue weighted by atomic mass is 10.1. The molecule has 2 amide bonds. The summed E-state index contributed by atoms with van der Waals surface area (Å²) < 4.78 is 10.8. The molecule has 0 aliphatic carbocycles. The third kappa shape index (κ3) is 3.89. The van der Waals surface area contributed by atoms with E-state index in [2.05, 4.69) is 10.3 Å². The van der Waals surface area contributed by atoms with Gasteiger partial charge in [-0.15, -0.1) is 0 Å². The van der Waals surface area contributed by atoms with Gasteiger partial charge in [-0.25, -0.2) is 4.79 Å². The van der Waals surface area contributed by atoms with Gasteiger partial charge >= 0.3 is 6.03 Å².